The molecule has 0 atom stereocenters. The third-order valence-electron chi connectivity index (χ3n) is 2.03. The van der Waals surface area contributed by atoms with E-state index < -0.39 is 0 Å². The molecule has 0 fully saturated rings. The average Bonchev–Trinajstić information content (AvgIpc) is 2.26. The second-order valence-electron chi connectivity index (χ2n) is 3.97. The minimum atomic E-state index is -0.0145. The number of hydrogen-bond acceptors (Lipinski definition) is 3. The van der Waals surface area contributed by atoms with Crippen LogP contribution in [0.4, 0.5) is 0 Å². The summed E-state index contributed by atoms with van der Waals surface area (Å²) in [7, 11) is 1.59. The van der Waals surface area contributed by atoms with Gasteiger partial charge in [0.25, 0.3) is 0 Å². The van der Waals surface area contributed by atoms with Gasteiger partial charge in [0.15, 0.2) is 11.5 Å². The van der Waals surface area contributed by atoms with Crippen LogP contribution in [0.1, 0.15) is 19.4 Å². The van der Waals surface area contributed by atoms with Crippen LogP contribution in [-0.2, 0) is 6.61 Å². The maximum atomic E-state index is 9.07. The zero-order valence-corrected chi connectivity index (χ0v) is 11.4. The Bertz CT molecular complexity index is 350. The molecule has 4 heteroatoms. The van der Waals surface area contributed by atoms with Gasteiger partial charge in [0.2, 0.25) is 0 Å². The fourth-order valence-electron chi connectivity index (χ4n) is 1.25. The van der Waals surface area contributed by atoms with Crippen LogP contribution in [0.25, 0.3) is 0 Å². The Morgan fingerprint density at radius 1 is 1.38 bits per heavy atom. The monoisotopic (exact) mass is 288 g/mol. The topological polar surface area (TPSA) is 38.7 Å². The first-order chi connectivity index (χ1) is 7.58. The van der Waals surface area contributed by atoms with Gasteiger partial charge in [-0.25, -0.2) is 0 Å². The van der Waals surface area contributed by atoms with Crippen LogP contribution in [-0.4, -0.2) is 18.8 Å². The number of ether oxygens (including phenoxy) is 2. The summed E-state index contributed by atoms with van der Waals surface area (Å²) in [6.07, 6.45) is 0. The molecule has 0 saturated heterocycles. The van der Waals surface area contributed by atoms with Crippen molar-refractivity contribution in [3.8, 4) is 11.5 Å². The minimum Gasteiger partial charge on any atom is -0.493 e. The van der Waals surface area contributed by atoms with Gasteiger partial charge < -0.3 is 14.6 Å². The van der Waals surface area contributed by atoms with Crippen LogP contribution in [0, 0.1) is 5.92 Å². The van der Waals surface area contributed by atoms with E-state index in [0.29, 0.717) is 24.0 Å². The second-order valence-corrected chi connectivity index (χ2v) is 4.83. The largest absolute Gasteiger partial charge is 0.493 e. The Balaban J connectivity index is 2.97. The van der Waals surface area contributed by atoms with Crippen molar-refractivity contribution >= 4 is 15.9 Å². The van der Waals surface area contributed by atoms with Crippen molar-refractivity contribution in [3.05, 3.63) is 22.2 Å². The maximum Gasteiger partial charge on any atom is 0.175 e. The highest BCUT2D eigenvalue weighted by atomic mass is 79.9. The molecular weight excluding hydrogens is 272 g/mol. The van der Waals surface area contributed by atoms with Gasteiger partial charge in [-0.05, 0) is 39.5 Å². The number of methoxy groups -OCH3 is 1. The highest BCUT2D eigenvalue weighted by molar-refractivity contribution is 9.10. The van der Waals surface area contributed by atoms with Crippen LogP contribution >= 0.6 is 15.9 Å². The van der Waals surface area contributed by atoms with Crippen LogP contribution in [0.3, 0.4) is 0 Å². The van der Waals surface area contributed by atoms with Crippen molar-refractivity contribution in [3.63, 3.8) is 0 Å². The third-order valence-corrected chi connectivity index (χ3v) is 2.62. The van der Waals surface area contributed by atoms with E-state index in [4.69, 9.17) is 14.6 Å². The number of aliphatic hydroxyl groups is 1. The summed E-state index contributed by atoms with van der Waals surface area (Å²) < 4.78 is 11.7. The lowest BCUT2D eigenvalue weighted by Gasteiger charge is -2.15. The first kappa shape index (κ1) is 13.3. The molecule has 1 N–H and O–H groups in total. The third kappa shape index (κ3) is 3.39. The molecule has 0 unspecified atom stereocenters. The van der Waals surface area contributed by atoms with E-state index in [1.165, 1.54) is 0 Å². The lowest BCUT2D eigenvalue weighted by atomic mass is 10.2. The molecule has 1 rings (SSSR count). The van der Waals surface area contributed by atoms with Gasteiger partial charge in [-0.2, -0.15) is 0 Å². The predicted molar refractivity (Wildman–Crippen MR) is 66.9 cm³/mol. The van der Waals surface area contributed by atoms with Crippen LogP contribution < -0.4 is 9.47 Å². The SMILES string of the molecule is COc1cc(CO)cc(Br)c1OCC(C)C. The van der Waals surface area contributed by atoms with Crippen LogP contribution in [0.2, 0.25) is 0 Å². The summed E-state index contributed by atoms with van der Waals surface area (Å²) in [5.41, 5.74) is 0.792. The number of benzene rings is 1. The van der Waals surface area contributed by atoms with Crippen molar-refractivity contribution in [1.82, 2.24) is 0 Å². The zero-order chi connectivity index (χ0) is 12.1. The van der Waals surface area contributed by atoms with Crippen molar-refractivity contribution in [1.29, 1.82) is 0 Å². The van der Waals surface area contributed by atoms with Crippen molar-refractivity contribution < 1.29 is 14.6 Å². The molecule has 1 aromatic rings. The summed E-state index contributed by atoms with van der Waals surface area (Å²) in [5.74, 6) is 1.78. The highest BCUT2D eigenvalue weighted by Crippen LogP contribution is 2.36. The Morgan fingerprint density at radius 2 is 2.06 bits per heavy atom. The van der Waals surface area contributed by atoms with E-state index in [1.54, 1.807) is 13.2 Å². The molecule has 16 heavy (non-hydrogen) atoms. The number of rotatable bonds is 5. The molecule has 0 aliphatic carbocycles. The normalized spacial score (nSPS) is 10.6. The van der Waals surface area contributed by atoms with E-state index in [1.807, 2.05) is 6.07 Å². The van der Waals surface area contributed by atoms with Crippen LogP contribution in [0.15, 0.2) is 16.6 Å². The van der Waals surface area contributed by atoms with Crippen molar-refractivity contribution in [2.75, 3.05) is 13.7 Å². The fraction of sp³-hybridized carbons (Fsp3) is 0.500. The number of halogens is 1. The molecule has 90 valence electrons. The quantitative estimate of drug-likeness (QED) is 0.905. The van der Waals surface area contributed by atoms with Gasteiger partial charge in [0, 0.05) is 0 Å². The molecule has 0 aliphatic rings. The van der Waals surface area contributed by atoms with Gasteiger partial charge in [-0.1, -0.05) is 13.8 Å². The second kappa shape index (κ2) is 6.11. The molecule has 0 radical (unpaired) electrons. The average molecular weight is 289 g/mol. The molecular formula is C12H17BrO3. The Labute approximate surface area is 105 Å². The molecule has 0 heterocycles. The van der Waals surface area contributed by atoms with E-state index in [0.717, 1.165) is 10.0 Å². The summed E-state index contributed by atoms with van der Waals surface area (Å²) in [4.78, 5) is 0. The zero-order valence-electron chi connectivity index (χ0n) is 9.79. The summed E-state index contributed by atoms with van der Waals surface area (Å²) in [5, 5.41) is 9.07. The van der Waals surface area contributed by atoms with Gasteiger partial charge >= 0.3 is 0 Å². The lowest BCUT2D eigenvalue weighted by molar-refractivity contribution is 0.253. The molecule has 0 spiro atoms. The van der Waals surface area contributed by atoms with E-state index >= 15 is 0 Å². The molecule has 0 bridgehead atoms. The number of aliphatic hydroxyl groups excluding tert-OH is 1. The maximum absolute atomic E-state index is 9.07. The summed E-state index contributed by atoms with van der Waals surface area (Å²) in [6.45, 7) is 4.79. The molecule has 3 nitrogen and oxygen atoms in total. The minimum absolute atomic E-state index is 0.0145. The molecule has 0 saturated carbocycles. The van der Waals surface area contributed by atoms with Gasteiger partial charge in [-0.15, -0.1) is 0 Å². The van der Waals surface area contributed by atoms with Crippen molar-refractivity contribution in [2.45, 2.75) is 20.5 Å². The Hall–Kier alpha value is -0.740. The molecule has 0 aromatic heterocycles. The summed E-state index contributed by atoms with van der Waals surface area (Å²) >= 11 is 3.41. The van der Waals surface area contributed by atoms with E-state index in [2.05, 4.69) is 29.8 Å². The Kier molecular flexibility index (Phi) is 5.09. The van der Waals surface area contributed by atoms with E-state index in [-0.39, 0.29) is 6.61 Å². The van der Waals surface area contributed by atoms with E-state index in [9.17, 15) is 0 Å². The predicted octanol–water partition coefficient (Wildman–Crippen LogP) is 2.98. The Morgan fingerprint density at radius 3 is 2.56 bits per heavy atom. The standard InChI is InChI=1S/C12H17BrO3/c1-8(2)7-16-12-10(13)4-9(6-14)5-11(12)15-3/h4-5,8,14H,6-7H2,1-3H3. The smallest absolute Gasteiger partial charge is 0.175 e. The molecule has 0 amide bonds. The molecule has 1 aromatic carbocycles. The first-order valence-corrected chi connectivity index (χ1v) is 5.97. The van der Waals surface area contributed by atoms with Gasteiger partial charge in [0.1, 0.15) is 0 Å². The van der Waals surface area contributed by atoms with Gasteiger partial charge in [0.05, 0.1) is 24.8 Å². The lowest BCUT2D eigenvalue weighted by Crippen LogP contribution is -2.06. The molecule has 0 aliphatic heterocycles. The first-order valence-electron chi connectivity index (χ1n) is 5.18. The summed E-state index contributed by atoms with van der Waals surface area (Å²) in [6, 6.07) is 3.61. The van der Waals surface area contributed by atoms with Crippen LogP contribution in [0.5, 0.6) is 11.5 Å². The number of hydrogen-bond donors (Lipinski definition) is 1. The van der Waals surface area contributed by atoms with Crippen molar-refractivity contribution in [2.24, 2.45) is 5.92 Å². The van der Waals surface area contributed by atoms with Gasteiger partial charge in [-0.3, -0.25) is 0 Å². The highest BCUT2D eigenvalue weighted by Gasteiger charge is 2.11. The fourth-order valence-corrected chi connectivity index (χ4v) is 1.86.